The monoisotopic (exact) mass is 389 g/mol. The second-order valence-corrected chi connectivity index (χ2v) is 6.14. The van der Waals surface area contributed by atoms with Crippen LogP contribution in [0.5, 0.6) is 5.75 Å². The van der Waals surface area contributed by atoms with Crippen molar-refractivity contribution in [3.63, 3.8) is 0 Å². The first kappa shape index (κ1) is 19.6. The zero-order valence-electron chi connectivity index (χ0n) is 14.1. The number of amides is 1. The Balaban J connectivity index is 1.91. The third-order valence-electron chi connectivity index (χ3n) is 3.51. The molecular formula is C19H17Cl2N3O2. The molecule has 0 unspecified atom stereocenters. The van der Waals surface area contributed by atoms with Gasteiger partial charge in [-0.3, -0.25) is 4.79 Å². The fourth-order valence-corrected chi connectivity index (χ4v) is 2.45. The van der Waals surface area contributed by atoms with Crippen LogP contribution in [-0.2, 0) is 11.2 Å². The number of anilines is 1. The van der Waals surface area contributed by atoms with E-state index in [0.717, 1.165) is 17.7 Å². The quantitative estimate of drug-likeness (QED) is 0.423. The molecule has 0 heterocycles. The van der Waals surface area contributed by atoms with Gasteiger partial charge in [0.05, 0.1) is 17.8 Å². The molecule has 0 fully saturated rings. The number of carbonyl (C=O) groups excluding carboxylic acids is 1. The SMILES string of the molecule is COc1ccc(CCN/C=C(/C#N)C(=O)Nc2cc(Cl)ccc2Cl)cc1. The molecule has 0 aliphatic heterocycles. The van der Waals surface area contributed by atoms with Gasteiger partial charge in [0.2, 0.25) is 0 Å². The molecule has 1 amide bonds. The van der Waals surface area contributed by atoms with E-state index in [9.17, 15) is 10.1 Å². The molecular weight excluding hydrogens is 373 g/mol. The average molecular weight is 390 g/mol. The summed E-state index contributed by atoms with van der Waals surface area (Å²) in [7, 11) is 1.62. The summed E-state index contributed by atoms with van der Waals surface area (Å²) in [4.78, 5) is 12.2. The normalized spacial score (nSPS) is 10.8. The first-order chi connectivity index (χ1) is 12.5. The number of ether oxygens (including phenoxy) is 1. The minimum Gasteiger partial charge on any atom is -0.497 e. The molecule has 2 N–H and O–H groups in total. The largest absolute Gasteiger partial charge is 0.497 e. The summed E-state index contributed by atoms with van der Waals surface area (Å²) in [5.74, 6) is 0.235. The van der Waals surface area contributed by atoms with Gasteiger partial charge in [0.15, 0.2) is 0 Å². The van der Waals surface area contributed by atoms with Crippen LogP contribution < -0.4 is 15.4 Å². The number of nitrogens with one attached hydrogen (secondary N) is 2. The molecule has 0 saturated carbocycles. The van der Waals surface area contributed by atoms with Crippen LogP contribution in [0.4, 0.5) is 5.69 Å². The summed E-state index contributed by atoms with van der Waals surface area (Å²) in [5.41, 5.74) is 1.40. The van der Waals surface area contributed by atoms with Crippen molar-refractivity contribution < 1.29 is 9.53 Å². The van der Waals surface area contributed by atoms with Crippen molar-refractivity contribution >= 4 is 34.8 Å². The van der Waals surface area contributed by atoms with Gasteiger partial charge in [-0.2, -0.15) is 5.26 Å². The van der Waals surface area contributed by atoms with Crippen molar-refractivity contribution in [2.75, 3.05) is 19.0 Å². The number of methoxy groups -OCH3 is 1. The molecule has 0 saturated heterocycles. The van der Waals surface area contributed by atoms with E-state index >= 15 is 0 Å². The predicted molar refractivity (Wildman–Crippen MR) is 103 cm³/mol. The number of benzene rings is 2. The summed E-state index contributed by atoms with van der Waals surface area (Å²) >= 11 is 11.9. The minimum absolute atomic E-state index is 0.0595. The molecule has 7 heteroatoms. The number of rotatable bonds is 7. The number of carbonyl (C=O) groups is 1. The Morgan fingerprint density at radius 1 is 1.23 bits per heavy atom. The maximum absolute atomic E-state index is 12.2. The number of hydrogen-bond acceptors (Lipinski definition) is 4. The van der Waals surface area contributed by atoms with Gasteiger partial charge >= 0.3 is 0 Å². The van der Waals surface area contributed by atoms with E-state index in [1.165, 1.54) is 12.3 Å². The smallest absolute Gasteiger partial charge is 0.267 e. The maximum atomic E-state index is 12.2. The first-order valence-corrected chi connectivity index (χ1v) is 8.52. The first-order valence-electron chi connectivity index (χ1n) is 7.76. The Labute approximate surface area is 162 Å². The van der Waals surface area contributed by atoms with Gasteiger partial charge < -0.3 is 15.4 Å². The molecule has 2 aromatic carbocycles. The number of nitrogens with zero attached hydrogens (tertiary/aromatic N) is 1. The Bertz CT molecular complexity index is 843. The van der Waals surface area contributed by atoms with Crippen molar-refractivity contribution in [1.29, 1.82) is 5.26 Å². The highest BCUT2D eigenvalue weighted by atomic mass is 35.5. The van der Waals surface area contributed by atoms with Crippen LogP contribution in [0, 0.1) is 11.3 Å². The van der Waals surface area contributed by atoms with E-state index in [1.807, 2.05) is 30.3 Å². The van der Waals surface area contributed by atoms with Crippen LogP contribution in [0.3, 0.4) is 0 Å². The molecule has 0 radical (unpaired) electrons. The maximum Gasteiger partial charge on any atom is 0.267 e. The van der Waals surface area contributed by atoms with Crippen molar-refractivity contribution in [2.24, 2.45) is 0 Å². The Morgan fingerprint density at radius 3 is 2.62 bits per heavy atom. The van der Waals surface area contributed by atoms with Gasteiger partial charge in [0.25, 0.3) is 5.91 Å². The second kappa shape index (κ2) is 9.71. The highest BCUT2D eigenvalue weighted by Gasteiger charge is 2.11. The van der Waals surface area contributed by atoms with Crippen molar-refractivity contribution in [1.82, 2.24) is 5.32 Å². The minimum atomic E-state index is -0.561. The predicted octanol–water partition coefficient (Wildman–Crippen LogP) is 4.18. The van der Waals surface area contributed by atoms with E-state index in [4.69, 9.17) is 27.9 Å². The van der Waals surface area contributed by atoms with Gasteiger partial charge in [-0.25, -0.2) is 0 Å². The molecule has 0 aliphatic carbocycles. The summed E-state index contributed by atoms with van der Waals surface area (Å²) in [6.07, 6.45) is 2.12. The Hall–Kier alpha value is -2.68. The molecule has 26 heavy (non-hydrogen) atoms. The van der Waals surface area contributed by atoms with Crippen LogP contribution in [-0.4, -0.2) is 19.6 Å². The fourth-order valence-electron chi connectivity index (χ4n) is 2.11. The van der Waals surface area contributed by atoms with Crippen LogP contribution in [0.15, 0.2) is 54.2 Å². The molecule has 134 valence electrons. The summed E-state index contributed by atoms with van der Waals surface area (Å²) < 4.78 is 5.11. The fraction of sp³-hybridized carbons (Fsp3) is 0.158. The molecule has 0 aromatic heterocycles. The van der Waals surface area contributed by atoms with Crippen LogP contribution in [0.2, 0.25) is 10.0 Å². The lowest BCUT2D eigenvalue weighted by Gasteiger charge is -2.07. The number of nitriles is 1. The lowest BCUT2D eigenvalue weighted by molar-refractivity contribution is -0.112. The van der Waals surface area contributed by atoms with Crippen LogP contribution in [0.1, 0.15) is 5.56 Å². The molecule has 5 nitrogen and oxygen atoms in total. The van der Waals surface area contributed by atoms with Gasteiger partial charge in [0.1, 0.15) is 17.4 Å². The van der Waals surface area contributed by atoms with E-state index in [1.54, 1.807) is 19.2 Å². The Morgan fingerprint density at radius 2 is 1.96 bits per heavy atom. The van der Waals surface area contributed by atoms with Gasteiger partial charge in [-0.1, -0.05) is 35.3 Å². The summed E-state index contributed by atoms with van der Waals surface area (Å²) in [5, 5.41) is 15.5. The molecule has 2 aromatic rings. The van der Waals surface area contributed by atoms with Crippen molar-refractivity contribution in [3.8, 4) is 11.8 Å². The Kier molecular flexibility index (Phi) is 7.34. The molecule has 0 aliphatic rings. The third-order valence-corrected chi connectivity index (χ3v) is 4.07. The summed E-state index contributed by atoms with van der Waals surface area (Å²) in [6.45, 7) is 0.572. The topological polar surface area (TPSA) is 74.1 Å². The van der Waals surface area contributed by atoms with Crippen LogP contribution >= 0.6 is 23.2 Å². The molecule has 0 spiro atoms. The third kappa shape index (κ3) is 5.69. The van der Waals surface area contributed by atoms with Crippen molar-refractivity contribution in [3.05, 3.63) is 69.8 Å². The van der Waals surface area contributed by atoms with E-state index in [0.29, 0.717) is 22.3 Å². The zero-order chi connectivity index (χ0) is 18.9. The van der Waals surface area contributed by atoms with E-state index in [-0.39, 0.29) is 5.57 Å². The molecule has 2 rings (SSSR count). The van der Waals surface area contributed by atoms with Gasteiger partial charge in [-0.05, 0) is 42.3 Å². The summed E-state index contributed by atoms with van der Waals surface area (Å²) in [6, 6.07) is 14.3. The van der Waals surface area contributed by atoms with Gasteiger partial charge in [-0.15, -0.1) is 0 Å². The number of hydrogen-bond donors (Lipinski definition) is 2. The zero-order valence-corrected chi connectivity index (χ0v) is 15.6. The standard InChI is InChI=1S/C19H17Cl2N3O2/c1-26-16-5-2-13(3-6-16)8-9-23-12-14(11-22)19(25)24-18-10-15(20)4-7-17(18)21/h2-7,10,12,23H,8-9H2,1H3,(H,24,25)/b14-12-. The van der Waals surface area contributed by atoms with Gasteiger partial charge in [0, 0.05) is 17.8 Å². The highest BCUT2D eigenvalue weighted by molar-refractivity contribution is 6.35. The average Bonchev–Trinajstić information content (AvgIpc) is 2.65. The van der Waals surface area contributed by atoms with Crippen molar-refractivity contribution in [2.45, 2.75) is 6.42 Å². The molecule has 0 bridgehead atoms. The van der Waals surface area contributed by atoms with E-state index in [2.05, 4.69) is 10.6 Å². The van der Waals surface area contributed by atoms with Crippen LogP contribution in [0.25, 0.3) is 0 Å². The second-order valence-electron chi connectivity index (χ2n) is 5.30. The highest BCUT2D eigenvalue weighted by Crippen LogP contribution is 2.25. The number of halogens is 2. The van der Waals surface area contributed by atoms with E-state index < -0.39 is 5.91 Å². The lowest BCUT2D eigenvalue weighted by atomic mass is 10.1. The lowest BCUT2D eigenvalue weighted by Crippen LogP contribution is -2.18. The molecule has 0 atom stereocenters.